The second kappa shape index (κ2) is 5.95. The number of rotatable bonds is 3. The van der Waals surface area contributed by atoms with Crippen LogP contribution in [0.2, 0.25) is 5.02 Å². The lowest BCUT2D eigenvalue weighted by Crippen LogP contribution is -2.47. The van der Waals surface area contributed by atoms with Gasteiger partial charge in [-0.3, -0.25) is 9.59 Å². The van der Waals surface area contributed by atoms with Gasteiger partial charge < -0.3 is 10.0 Å². The van der Waals surface area contributed by atoms with Gasteiger partial charge in [-0.15, -0.1) is 11.3 Å². The monoisotopic (exact) mass is 305 g/mol. The first-order valence-electron chi connectivity index (χ1n) is 5.43. The van der Waals surface area contributed by atoms with Gasteiger partial charge in [0.15, 0.2) is 0 Å². The van der Waals surface area contributed by atoms with Gasteiger partial charge in [0.2, 0.25) is 0 Å². The average molecular weight is 306 g/mol. The number of carbonyl (C=O) groups excluding carboxylic acids is 1. The van der Waals surface area contributed by atoms with Gasteiger partial charge in [-0.1, -0.05) is 11.6 Å². The van der Waals surface area contributed by atoms with E-state index in [4.69, 9.17) is 16.7 Å². The highest BCUT2D eigenvalue weighted by Gasteiger charge is 2.30. The van der Waals surface area contributed by atoms with Gasteiger partial charge >= 0.3 is 5.97 Å². The summed E-state index contributed by atoms with van der Waals surface area (Å²) in [6.45, 7) is 0.579. The van der Waals surface area contributed by atoms with E-state index < -0.39 is 5.97 Å². The number of carbonyl (C=O) groups is 2. The molecule has 98 valence electrons. The maximum Gasteiger partial charge on any atom is 0.305 e. The van der Waals surface area contributed by atoms with Crippen molar-refractivity contribution in [1.29, 1.82) is 0 Å². The number of hydrogen-bond acceptors (Lipinski definition) is 4. The molecule has 0 aromatic carbocycles. The van der Waals surface area contributed by atoms with E-state index >= 15 is 0 Å². The number of amides is 1. The van der Waals surface area contributed by atoms with Gasteiger partial charge in [-0.05, 0) is 11.4 Å². The number of hydrogen-bond donors (Lipinski definition) is 1. The molecule has 1 unspecified atom stereocenters. The number of thioether (sulfide) groups is 1. The van der Waals surface area contributed by atoms with E-state index in [1.807, 2.05) is 0 Å². The summed E-state index contributed by atoms with van der Waals surface area (Å²) in [5.74, 6) is 0.477. The molecule has 1 aliphatic heterocycles. The van der Waals surface area contributed by atoms with Crippen molar-refractivity contribution in [2.45, 2.75) is 12.5 Å². The first-order chi connectivity index (χ1) is 8.59. The van der Waals surface area contributed by atoms with E-state index in [2.05, 4.69) is 0 Å². The largest absolute Gasteiger partial charge is 0.481 e. The molecule has 1 amide bonds. The molecule has 4 nitrogen and oxygen atoms in total. The Morgan fingerprint density at radius 2 is 2.33 bits per heavy atom. The van der Waals surface area contributed by atoms with Crippen LogP contribution in [0.4, 0.5) is 0 Å². The lowest BCUT2D eigenvalue weighted by atomic mass is 10.2. The fraction of sp³-hybridized carbons (Fsp3) is 0.455. The van der Waals surface area contributed by atoms with Crippen molar-refractivity contribution in [3.8, 4) is 0 Å². The predicted octanol–water partition coefficient (Wildman–Crippen LogP) is 2.43. The Kier molecular flexibility index (Phi) is 4.53. The number of thiophene rings is 1. The number of halogens is 1. The molecule has 0 spiro atoms. The Hall–Kier alpha value is -0.720. The van der Waals surface area contributed by atoms with Crippen molar-refractivity contribution in [2.75, 3.05) is 18.1 Å². The van der Waals surface area contributed by atoms with Crippen molar-refractivity contribution in [2.24, 2.45) is 0 Å². The van der Waals surface area contributed by atoms with E-state index in [0.717, 1.165) is 5.75 Å². The highest BCUT2D eigenvalue weighted by atomic mass is 35.5. The zero-order chi connectivity index (χ0) is 13.1. The summed E-state index contributed by atoms with van der Waals surface area (Å²) >= 11 is 8.92. The van der Waals surface area contributed by atoms with Gasteiger partial charge in [-0.25, -0.2) is 0 Å². The Morgan fingerprint density at radius 1 is 1.56 bits per heavy atom. The smallest absolute Gasteiger partial charge is 0.305 e. The second-order valence-electron chi connectivity index (χ2n) is 3.92. The summed E-state index contributed by atoms with van der Waals surface area (Å²) in [5, 5.41) is 11.1. The van der Waals surface area contributed by atoms with Crippen LogP contribution in [-0.4, -0.2) is 46.0 Å². The molecule has 18 heavy (non-hydrogen) atoms. The van der Waals surface area contributed by atoms with Gasteiger partial charge in [0.25, 0.3) is 5.91 Å². The van der Waals surface area contributed by atoms with Crippen LogP contribution in [0.3, 0.4) is 0 Å². The third-order valence-corrected chi connectivity index (χ3v) is 5.13. The van der Waals surface area contributed by atoms with E-state index in [9.17, 15) is 9.59 Å². The molecule has 0 bridgehead atoms. The Bertz CT molecular complexity index is 463. The van der Waals surface area contributed by atoms with Gasteiger partial charge in [0.05, 0.1) is 17.5 Å². The maximum absolute atomic E-state index is 12.3. The fourth-order valence-electron chi connectivity index (χ4n) is 1.87. The molecule has 1 N–H and O–H groups in total. The van der Waals surface area contributed by atoms with Crippen LogP contribution in [0, 0.1) is 0 Å². The van der Waals surface area contributed by atoms with Crippen LogP contribution in [0.5, 0.6) is 0 Å². The van der Waals surface area contributed by atoms with E-state index in [1.165, 1.54) is 11.3 Å². The quantitative estimate of drug-likeness (QED) is 0.932. The normalized spacial score (nSPS) is 19.8. The number of aliphatic carboxylic acids is 1. The Balaban J connectivity index is 2.16. The minimum Gasteiger partial charge on any atom is -0.481 e. The van der Waals surface area contributed by atoms with Crippen LogP contribution in [0.1, 0.15) is 16.1 Å². The molecule has 0 radical (unpaired) electrons. The van der Waals surface area contributed by atoms with E-state index in [0.29, 0.717) is 22.2 Å². The van der Waals surface area contributed by atoms with E-state index in [1.54, 1.807) is 28.1 Å². The van der Waals surface area contributed by atoms with Gasteiger partial charge in [0, 0.05) is 18.1 Å². The van der Waals surface area contributed by atoms with Crippen molar-refractivity contribution < 1.29 is 14.7 Å². The zero-order valence-electron chi connectivity index (χ0n) is 9.47. The van der Waals surface area contributed by atoms with Crippen molar-refractivity contribution >= 4 is 46.6 Å². The summed E-state index contributed by atoms with van der Waals surface area (Å²) in [6, 6.07) is 1.44. The molecule has 1 fully saturated rings. The van der Waals surface area contributed by atoms with Gasteiger partial charge in [-0.2, -0.15) is 11.8 Å². The third kappa shape index (κ3) is 2.99. The molecular formula is C11H12ClNO3S2. The van der Waals surface area contributed by atoms with Crippen LogP contribution >= 0.6 is 34.7 Å². The van der Waals surface area contributed by atoms with Crippen LogP contribution in [-0.2, 0) is 4.79 Å². The molecule has 0 saturated carbocycles. The molecule has 1 saturated heterocycles. The highest BCUT2D eigenvalue weighted by Crippen LogP contribution is 2.27. The van der Waals surface area contributed by atoms with Crippen molar-refractivity contribution in [1.82, 2.24) is 4.90 Å². The molecule has 0 aliphatic carbocycles. The molecular weight excluding hydrogens is 294 g/mol. The summed E-state index contributed by atoms with van der Waals surface area (Å²) in [7, 11) is 0. The highest BCUT2D eigenvalue weighted by molar-refractivity contribution is 7.99. The lowest BCUT2D eigenvalue weighted by molar-refractivity contribution is -0.138. The molecule has 1 aliphatic rings. The molecule has 2 rings (SSSR count). The summed E-state index contributed by atoms with van der Waals surface area (Å²) in [4.78, 5) is 25.3. The van der Waals surface area contributed by atoms with Crippen LogP contribution in [0.15, 0.2) is 11.4 Å². The SMILES string of the molecule is O=C(O)CC1CSCCN1C(=O)c1sccc1Cl. The number of nitrogens with zero attached hydrogens (tertiary/aromatic N) is 1. The number of carboxylic acids is 1. The molecule has 1 atom stereocenters. The zero-order valence-corrected chi connectivity index (χ0v) is 11.9. The predicted molar refractivity (Wildman–Crippen MR) is 73.7 cm³/mol. The Morgan fingerprint density at radius 3 is 2.94 bits per heavy atom. The van der Waals surface area contributed by atoms with Crippen LogP contribution in [0.25, 0.3) is 0 Å². The molecule has 2 heterocycles. The fourth-order valence-corrected chi connectivity index (χ4v) is 4.02. The third-order valence-electron chi connectivity index (χ3n) is 2.71. The summed E-state index contributed by atoms with van der Waals surface area (Å²) < 4.78 is 0. The minimum absolute atomic E-state index is 0.0122. The summed E-state index contributed by atoms with van der Waals surface area (Å²) in [6.07, 6.45) is -0.0122. The second-order valence-corrected chi connectivity index (χ2v) is 6.40. The van der Waals surface area contributed by atoms with E-state index in [-0.39, 0.29) is 18.4 Å². The minimum atomic E-state index is -0.877. The van der Waals surface area contributed by atoms with Crippen LogP contribution < -0.4 is 0 Å². The molecule has 7 heteroatoms. The summed E-state index contributed by atoms with van der Waals surface area (Å²) in [5.41, 5.74) is 0. The van der Waals surface area contributed by atoms with Gasteiger partial charge in [0.1, 0.15) is 4.88 Å². The first-order valence-corrected chi connectivity index (χ1v) is 7.84. The molecule has 1 aromatic rings. The Labute approximate surface area is 118 Å². The topological polar surface area (TPSA) is 57.6 Å². The van der Waals surface area contributed by atoms with Crippen molar-refractivity contribution in [3.63, 3.8) is 0 Å². The first kappa shape index (κ1) is 13.7. The van der Waals surface area contributed by atoms with Crippen molar-refractivity contribution in [3.05, 3.63) is 21.3 Å². The standard InChI is InChI=1S/C11H12ClNO3S2/c12-8-1-3-18-10(8)11(16)13-2-4-17-6-7(13)5-9(14)15/h1,3,7H,2,4-6H2,(H,14,15). The number of carboxylic acid groups (broad SMARTS) is 1. The molecule has 1 aromatic heterocycles. The average Bonchev–Trinajstić information content (AvgIpc) is 2.74. The maximum atomic E-state index is 12.3. The lowest BCUT2D eigenvalue weighted by Gasteiger charge is -2.34.